The normalized spacial score (nSPS) is 28.8. The van der Waals surface area contributed by atoms with Crippen LogP contribution in [0.25, 0.3) is 0 Å². The third-order valence-corrected chi connectivity index (χ3v) is 5.38. The summed E-state index contributed by atoms with van der Waals surface area (Å²) in [5.41, 5.74) is 0. The Morgan fingerprint density at radius 2 is 2.09 bits per heavy atom. The van der Waals surface area contributed by atoms with E-state index >= 15 is 0 Å². The number of methoxy groups -OCH3 is 1. The maximum Gasteiger partial charge on any atom is 0.317 e. The predicted molar refractivity (Wildman–Crippen MR) is 90.6 cm³/mol. The third-order valence-electron chi connectivity index (χ3n) is 5.38. The van der Waals surface area contributed by atoms with E-state index in [1.807, 2.05) is 4.90 Å². The van der Waals surface area contributed by atoms with Crippen molar-refractivity contribution in [3.8, 4) is 0 Å². The molecule has 3 aliphatic heterocycles. The van der Waals surface area contributed by atoms with Gasteiger partial charge in [0.05, 0.1) is 6.61 Å². The molecule has 3 aliphatic rings. The number of amides is 2. The zero-order chi connectivity index (χ0) is 16.1. The quantitative estimate of drug-likeness (QED) is 0.733. The first kappa shape index (κ1) is 16.7. The lowest BCUT2D eigenvalue weighted by molar-refractivity contribution is 0.139. The molecular formula is C17H30N4O2. The molecule has 0 spiro atoms. The van der Waals surface area contributed by atoms with Crippen molar-refractivity contribution in [2.75, 3.05) is 59.5 Å². The van der Waals surface area contributed by atoms with Crippen LogP contribution in [0.3, 0.4) is 0 Å². The van der Waals surface area contributed by atoms with Gasteiger partial charge in [-0.15, -0.1) is 0 Å². The molecule has 23 heavy (non-hydrogen) atoms. The van der Waals surface area contributed by atoms with Gasteiger partial charge in [0.25, 0.3) is 0 Å². The fourth-order valence-corrected chi connectivity index (χ4v) is 3.96. The largest absolute Gasteiger partial charge is 0.383 e. The minimum atomic E-state index is 0.109. The Morgan fingerprint density at radius 3 is 2.87 bits per heavy atom. The van der Waals surface area contributed by atoms with Gasteiger partial charge in [-0.2, -0.15) is 0 Å². The van der Waals surface area contributed by atoms with Gasteiger partial charge in [-0.1, -0.05) is 12.2 Å². The summed E-state index contributed by atoms with van der Waals surface area (Å²) in [6.45, 7) is 7.43. The molecule has 0 aromatic heterocycles. The Kier molecular flexibility index (Phi) is 5.91. The molecule has 0 bridgehead atoms. The van der Waals surface area contributed by atoms with Gasteiger partial charge in [0.1, 0.15) is 0 Å². The van der Waals surface area contributed by atoms with Gasteiger partial charge in [0.15, 0.2) is 0 Å². The maximum absolute atomic E-state index is 12.4. The molecule has 1 N–H and O–H groups in total. The first-order valence-corrected chi connectivity index (χ1v) is 8.92. The average Bonchev–Trinajstić information content (AvgIpc) is 3.31. The number of nitrogens with one attached hydrogen (secondary N) is 1. The highest BCUT2D eigenvalue weighted by molar-refractivity contribution is 5.74. The van der Waals surface area contributed by atoms with Gasteiger partial charge in [0, 0.05) is 58.5 Å². The van der Waals surface area contributed by atoms with E-state index in [1.165, 1.54) is 12.8 Å². The van der Waals surface area contributed by atoms with Crippen molar-refractivity contribution in [1.82, 2.24) is 20.0 Å². The van der Waals surface area contributed by atoms with E-state index in [0.717, 1.165) is 58.8 Å². The summed E-state index contributed by atoms with van der Waals surface area (Å²) in [4.78, 5) is 19.3. The monoisotopic (exact) mass is 322 g/mol. The molecule has 0 radical (unpaired) electrons. The standard InChI is InChI=1S/C17H30N4O2/c1-23-12-11-20-9-4-5-15(20)13-18-17(22)21-10-6-16(14-21)19-7-2-3-8-19/h2-3,15-16H,4-14H2,1H3,(H,18,22)/t15-,16-/m1/s1. The van der Waals surface area contributed by atoms with Gasteiger partial charge in [0.2, 0.25) is 0 Å². The van der Waals surface area contributed by atoms with E-state index < -0.39 is 0 Å². The number of hydrogen-bond donors (Lipinski definition) is 1. The number of hydrogen-bond acceptors (Lipinski definition) is 4. The van der Waals surface area contributed by atoms with Crippen LogP contribution in [0, 0.1) is 0 Å². The number of likely N-dealkylation sites (tertiary alicyclic amines) is 2. The summed E-state index contributed by atoms with van der Waals surface area (Å²) in [6, 6.07) is 1.11. The molecule has 0 aromatic carbocycles. The third kappa shape index (κ3) is 4.25. The molecular weight excluding hydrogens is 292 g/mol. The first-order chi connectivity index (χ1) is 11.3. The van der Waals surface area contributed by atoms with Gasteiger partial charge in [-0.3, -0.25) is 9.80 Å². The zero-order valence-corrected chi connectivity index (χ0v) is 14.2. The molecule has 6 heteroatoms. The van der Waals surface area contributed by atoms with Crippen molar-refractivity contribution in [2.24, 2.45) is 0 Å². The number of ether oxygens (including phenoxy) is 1. The van der Waals surface area contributed by atoms with Gasteiger partial charge < -0.3 is 15.0 Å². The molecule has 0 saturated carbocycles. The smallest absolute Gasteiger partial charge is 0.317 e. The topological polar surface area (TPSA) is 48.1 Å². The van der Waals surface area contributed by atoms with Crippen molar-refractivity contribution >= 4 is 6.03 Å². The summed E-state index contributed by atoms with van der Waals surface area (Å²) in [6.07, 6.45) is 7.93. The molecule has 0 aliphatic carbocycles. The fraction of sp³-hybridized carbons (Fsp3) is 0.824. The van der Waals surface area contributed by atoms with E-state index in [1.54, 1.807) is 7.11 Å². The molecule has 2 fully saturated rings. The Hall–Kier alpha value is -1.11. The van der Waals surface area contributed by atoms with Gasteiger partial charge in [-0.05, 0) is 25.8 Å². The lowest BCUT2D eigenvalue weighted by atomic mass is 10.2. The first-order valence-electron chi connectivity index (χ1n) is 8.92. The van der Waals surface area contributed by atoms with Crippen LogP contribution >= 0.6 is 0 Å². The average molecular weight is 322 g/mol. The van der Waals surface area contributed by atoms with E-state index in [-0.39, 0.29) is 6.03 Å². The summed E-state index contributed by atoms with van der Waals surface area (Å²) in [5.74, 6) is 0. The highest BCUT2D eigenvalue weighted by atomic mass is 16.5. The Balaban J connectivity index is 1.39. The van der Waals surface area contributed by atoms with Crippen molar-refractivity contribution < 1.29 is 9.53 Å². The zero-order valence-electron chi connectivity index (χ0n) is 14.2. The van der Waals surface area contributed by atoms with Crippen LogP contribution in [-0.4, -0.2) is 92.3 Å². The van der Waals surface area contributed by atoms with E-state index in [9.17, 15) is 4.79 Å². The molecule has 6 nitrogen and oxygen atoms in total. The molecule has 2 atom stereocenters. The van der Waals surface area contributed by atoms with E-state index in [0.29, 0.717) is 12.1 Å². The number of urea groups is 1. The Morgan fingerprint density at radius 1 is 1.26 bits per heavy atom. The van der Waals surface area contributed by atoms with E-state index in [2.05, 4.69) is 27.3 Å². The summed E-state index contributed by atoms with van der Waals surface area (Å²) >= 11 is 0. The Bertz CT molecular complexity index is 421. The minimum Gasteiger partial charge on any atom is -0.383 e. The molecule has 0 unspecified atom stereocenters. The fourth-order valence-electron chi connectivity index (χ4n) is 3.96. The highest BCUT2D eigenvalue weighted by Crippen LogP contribution is 2.19. The SMILES string of the molecule is COCCN1CCC[C@@H]1CNC(=O)N1CC[C@@H](N2CC=CC2)C1. The summed E-state index contributed by atoms with van der Waals surface area (Å²) in [5, 5.41) is 3.15. The van der Waals surface area contributed by atoms with Crippen molar-refractivity contribution in [3.63, 3.8) is 0 Å². The summed E-state index contributed by atoms with van der Waals surface area (Å²) in [7, 11) is 1.74. The van der Waals surface area contributed by atoms with Gasteiger partial charge in [-0.25, -0.2) is 4.79 Å². The number of carbonyl (C=O) groups excluding carboxylic acids is 1. The summed E-state index contributed by atoms with van der Waals surface area (Å²) < 4.78 is 5.17. The second-order valence-electron chi connectivity index (χ2n) is 6.82. The van der Waals surface area contributed by atoms with Crippen molar-refractivity contribution in [1.29, 1.82) is 0 Å². The second kappa shape index (κ2) is 8.13. The van der Waals surface area contributed by atoms with Crippen LogP contribution in [0.5, 0.6) is 0 Å². The van der Waals surface area contributed by atoms with Crippen LogP contribution in [0.2, 0.25) is 0 Å². The van der Waals surface area contributed by atoms with E-state index in [4.69, 9.17) is 4.74 Å². The number of rotatable bonds is 6. The lowest BCUT2D eigenvalue weighted by Crippen LogP contribution is -2.46. The van der Waals surface area contributed by atoms with Crippen LogP contribution in [0.1, 0.15) is 19.3 Å². The minimum absolute atomic E-state index is 0.109. The number of carbonyl (C=O) groups is 1. The van der Waals surface area contributed by atoms with Crippen molar-refractivity contribution in [2.45, 2.75) is 31.3 Å². The molecule has 3 heterocycles. The molecule has 3 rings (SSSR count). The van der Waals surface area contributed by atoms with Crippen LogP contribution in [-0.2, 0) is 4.74 Å². The van der Waals surface area contributed by atoms with Crippen LogP contribution < -0.4 is 5.32 Å². The molecule has 2 amide bonds. The molecule has 0 aromatic rings. The highest BCUT2D eigenvalue weighted by Gasteiger charge is 2.31. The molecule has 2 saturated heterocycles. The van der Waals surface area contributed by atoms with Gasteiger partial charge >= 0.3 is 6.03 Å². The van der Waals surface area contributed by atoms with Crippen molar-refractivity contribution in [3.05, 3.63) is 12.2 Å². The maximum atomic E-state index is 12.4. The lowest BCUT2D eigenvalue weighted by Gasteiger charge is -2.26. The van der Waals surface area contributed by atoms with Crippen LogP contribution in [0.4, 0.5) is 4.79 Å². The Labute approximate surface area is 139 Å². The predicted octanol–water partition coefficient (Wildman–Crippen LogP) is 0.753. The second-order valence-corrected chi connectivity index (χ2v) is 6.82. The number of nitrogens with zero attached hydrogens (tertiary/aromatic N) is 3. The van der Waals surface area contributed by atoms with Crippen LogP contribution in [0.15, 0.2) is 12.2 Å². The molecule has 130 valence electrons.